The van der Waals surface area contributed by atoms with Gasteiger partial charge in [0.1, 0.15) is 5.58 Å². The zero-order chi connectivity index (χ0) is 21.0. The van der Waals surface area contributed by atoms with Crippen molar-refractivity contribution in [1.29, 1.82) is 0 Å². The number of rotatable bonds is 7. The van der Waals surface area contributed by atoms with Crippen LogP contribution in [0.3, 0.4) is 0 Å². The van der Waals surface area contributed by atoms with E-state index in [1.807, 2.05) is 18.4 Å². The van der Waals surface area contributed by atoms with Crippen LogP contribution >= 0.6 is 11.8 Å². The molecule has 0 aliphatic rings. The summed E-state index contributed by atoms with van der Waals surface area (Å²) in [5.41, 5.74) is 1.36. The second-order valence-corrected chi connectivity index (χ2v) is 7.05. The minimum absolute atomic E-state index is 0.0653. The summed E-state index contributed by atoms with van der Waals surface area (Å²) >= 11 is 1.53. The van der Waals surface area contributed by atoms with Crippen molar-refractivity contribution in [3.63, 3.8) is 0 Å². The molecule has 1 unspecified atom stereocenters. The fraction of sp³-hybridized carbons (Fsp3) is 0.200. The number of anilines is 1. The van der Waals surface area contributed by atoms with Gasteiger partial charge in [0.15, 0.2) is 6.10 Å². The number of carbonyl (C=O) groups excluding carboxylic acids is 2. The average molecular weight is 414 g/mol. The molecule has 1 amide bonds. The molecule has 1 aromatic heterocycles. The predicted octanol–water partition coefficient (Wildman–Crippen LogP) is 4.39. The highest BCUT2D eigenvalue weighted by Crippen LogP contribution is 2.29. The number of fused-ring (bicyclic) bond motifs is 1. The van der Waals surface area contributed by atoms with E-state index < -0.39 is 22.9 Å². The lowest BCUT2D eigenvalue weighted by Gasteiger charge is -2.13. The Kier molecular flexibility index (Phi) is 6.18. The first-order valence-electron chi connectivity index (χ1n) is 8.66. The molecule has 3 aromatic rings. The van der Waals surface area contributed by atoms with E-state index in [0.29, 0.717) is 16.9 Å². The maximum Gasteiger partial charge on any atom is 0.375 e. The molecule has 0 saturated carbocycles. The van der Waals surface area contributed by atoms with Crippen LogP contribution in [0, 0.1) is 10.1 Å². The molecule has 0 aliphatic carbocycles. The van der Waals surface area contributed by atoms with Crippen molar-refractivity contribution in [2.75, 3.05) is 11.6 Å². The summed E-state index contributed by atoms with van der Waals surface area (Å²) in [6, 6.07) is 12.8. The number of hydrogen-bond acceptors (Lipinski definition) is 7. The number of non-ortho nitro benzene ring substituents is 1. The van der Waals surface area contributed by atoms with Crippen LogP contribution in [0.4, 0.5) is 11.4 Å². The fourth-order valence-corrected chi connectivity index (χ4v) is 3.34. The van der Waals surface area contributed by atoms with E-state index in [-0.39, 0.29) is 17.1 Å². The van der Waals surface area contributed by atoms with Crippen LogP contribution in [-0.4, -0.2) is 29.2 Å². The molecule has 1 heterocycles. The van der Waals surface area contributed by atoms with Crippen molar-refractivity contribution in [2.45, 2.75) is 18.8 Å². The van der Waals surface area contributed by atoms with Crippen molar-refractivity contribution in [3.8, 4) is 0 Å². The normalized spacial score (nSPS) is 11.8. The minimum Gasteiger partial charge on any atom is -0.449 e. The second kappa shape index (κ2) is 8.78. The zero-order valence-electron chi connectivity index (χ0n) is 15.7. The molecule has 1 N–H and O–H groups in total. The van der Waals surface area contributed by atoms with E-state index in [1.54, 1.807) is 12.1 Å². The summed E-state index contributed by atoms with van der Waals surface area (Å²) in [5.74, 6) is -0.737. The van der Waals surface area contributed by atoms with Crippen LogP contribution in [0.1, 0.15) is 23.0 Å². The Labute approximate surface area is 170 Å². The van der Waals surface area contributed by atoms with E-state index in [0.717, 1.165) is 5.39 Å². The fourth-order valence-electron chi connectivity index (χ4n) is 2.76. The Morgan fingerprint density at radius 1 is 1.24 bits per heavy atom. The van der Waals surface area contributed by atoms with E-state index in [2.05, 4.69) is 5.32 Å². The van der Waals surface area contributed by atoms with Gasteiger partial charge < -0.3 is 14.5 Å². The van der Waals surface area contributed by atoms with Crippen LogP contribution in [0.15, 0.2) is 52.9 Å². The van der Waals surface area contributed by atoms with Crippen molar-refractivity contribution in [2.24, 2.45) is 0 Å². The van der Waals surface area contributed by atoms with Gasteiger partial charge in [-0.15, -0.1) is 0 Å². The van der Waals surface area contributed by atoms with Gasteiger partial charge >= 0.3 is 5.97 Å². The van der Waals surface area contributed by atoms with E-state index in [1.165, 1.54) is 43.0 Å². The average Bonchev–Trinajstić information content (AvgIpc) is 3.07. The van der Waals surface area contributed by atoms with Gasteiger partial charge in [0.25, 0.3) is 11.6 Å². The maximum atomic E-state index is 12.6. The number of nitrogens with zero attached hydrogens (tertiary/aromatic N) is 1. The molecule has 3 rings (SSSR count). The summed E-state index contributed by atoms with van der Waals surface area (Å²) in [5, 5.41) is 14.2. The van der Waals surface area contributed by atoms with Crippen molar-refractivity contribution >= 4 is 46.0 Å². The number of amides is 1. The molecular formula is C20H18N2O6S. The Bertz CT molecular complexity index is 1080. The third-order valence-corrected chi connectivity index (χ3v) is 4.73. The van der Waals surface area contributed by atoms with Gasteiger partial charge in [-0.3, -0.25) is 14.9 Å². The Morgan fingerprint density at radius 2 is 2.00 bits per heavy atom. The Balaban J connectivity index is 1.74. The number of hydrogen-bond donors (Lipinski definition) is 1. The molecule has 9 heteroatoms. The third-order valence-electron chi connectivity index (χ3n) is 4.15. The highest BCUT2D eigenvalue weighted by atomic mass is 32.2. The molecule has 0 fully saturated rings. The van der Waals surface area contributed by atoms with Crippen LogP contribution in [-0.2, 0) is 15.3 Å². The summed E-state index contributed by atoms with van der Waals surface area (Å²) in [6.07, 6.45) is 0.781. The lowest BCUT2D eigenvalue weighted by atomic mass is 10.1. The number of furan rings is 1. The Hall–Kier alpha value is -3.33. The first-order chi connectivity index (χ1) is 13.9. The number of nitrogens with one attached hydrogen (secondary N) is 1. The lowest BCUT2D eigenvalue weighted by Crippen LogP contribution is -2.30. The molecule has 0 spiro atoms. The summed E-state index contributed by atoms with van der Waals surface area (Å²) in [7, 11) is 0. The number of ether oxygens (including phenoxy) is 1. The summed E-state index contributed by atoms with van der Waals surface area (Å²) in [4.78, 5) is 35.3. The van der Waals surface area contributed by atoms with Gasteiger partial charge in [-0.25, -0.2) is 4.79 Å². The van der Waals surface area contributed by atoms with E-state index in [4.69, 9.17) is 9.15 Å². The number of carbonyl (C=O) groups is 2. The predicted molar refractivity (Wildman–Crippen MR) is 110 cm³/mol. The molecule has 2 aromatic carbocycles. The SMILES string of the molecule is CSCc1c(C(=O)OC(C)C(=O)Nc2cccc([N+](=O)[O-])c2)oc2ccccc12. The van der Waals surface area contributed by atoms with Crippen LogP contribution in [0.5, 0.6) is 0 Å². The molecule has 0 saturated heterocycles. The molecule has 150 valence electrons. The van der Waals surface area contributed by atoms with Crippen LogP contribution in [0.2, 0.25) is 0 Å². The molecule has 0 bridgehead atoms. The summed E-state index contributed by atoms with van der Waals surface area (Å²) < 4.78 is 10.9. The van der Waals surface area contributed by atoms with Gasteiger partial charge in [-0.05, 0) is 25.3 Å². The molecule has 29 heavy (non-hydrogen) atoms. The number of benzene rings is 2. The number of para-hydroxylation sites is 1. The molecule has 8 nitrogen and oxygen atoms in total. The largest absolute Gasteiger partial charge is 0.449 e. The first-order valence-corrected chi connectivity index (χ1v) is 10.1. The molecule has 0 radical (unpaired) electrons. The van der Waals surface area contributed by atoms with E-state index in [9.17, 15) is 19.7 Å². The first kappa shape index (κ1) is 20.4. The van der Waals surface area contributed by atoms with Gasteiger partial charge in [0, 0.05) is 34.5 Å². The number of nitro groups is 1. The van der Waals surface area contributed by atoms with E-state index >= 15 is 0 Å². The van der Waals surface area contributed by atoms with Crippen molar-refractivity contribution in [1.82, 2.24) is 0 Å². The molecular weight excluding hydrogens is 396 g/mol. The third kappa shape index (κ3) is 4.57. The molecule has 0 aliphatic heterocycles. The monoisotopic (exact) mass is 414 g/mol. The molecule has 1 atom stereocenters. The standard InChI is InChI=1S/C20H18N2O6S/c1-12(19(23)21-13-6-5-7-14(10-13)22(25)26)27-20(24)18-16(11-29-2)15-8-3-4-9-17(15)28-18/h3-10,12H,11H2,1-2H3,(H,21,23). The Morgan fingerprint density at radius 3 is 2.72 bits per heavy atom. The number of esters is 1. The quantitative estimate of drug-likeness (QED) is 0.347. The van der Waals surface area contributed by atoms with Crippen molar-refractivity contribution < 1.29 is 23.7 Å². The zero-order valence-corrected chi connectivity index (χ0v) is 16.5. The van der Waals surface area contributed by atoms with Gasteiger partial charge in [0.2, 0.25) is 5.76 Å². The van der Waals surface area contributed by atoms with Crippen LogP contribution < -0.4 is 5.32 Å². The highest BCUT2D eigenvalue weighted by Gasteiger charge is 2.25. The number of thioether (sulfide) groups is 1. The van der Waals surface area contributed by atoms with Crippen molar-refractivity contribution in [3.05, 3.63) is 70.0 Å². The van der Waals surface area contributed by atoms with Gasteiger partial charge in [-0.2, -0.15) is 11.8 Å². The van der Waals surface area contributed by atoms with Gasteiger partial charge in [-0.1, -0.05) is 24.3 Å². The lowest BCUT2D eigenvalue weighted by molar-refractivity contribution is -0.384. The second-order valence-electron chi connectivity index (χ2n) is 6.18. The van der Waals surface area contributed by atoms with Gasteiger partial charge in [0.05, 0.1) is 4.92 Å². The highest BCUT2D eigenvalue weighted by molar-refractivity contribution is 7.97. The smallest absolute Gasteiger partial charge is 0.375 e. The number of nitro benzene ring substituents is 1. The van der Waals surface area contributed by atoms with Crippen LogP contribution in [0.25, 0.3) is 11.0 Å². The minimum atomic E-state index is -1.13. The maximum absolute atomic E-state index is 12.6. The topological polar surface area (TPSA) is 112 Å². The summed E-state index contributed by atoms with van der Waals surface area (Å²) in [6.45, 7) is 1.42.